The lowest BCUT2D eigenvalue weighted by Gasteiger charge is -2.11. The van der Waals surface area contributed by atoms with Crippen LogP contribution < -0.4 is 4.74 Å². The first kappa shape index (κ1) is 11.9. The number of halogens is 1. The number of pyridine rings is 1. The summed E-state index contributed by atoms with van der Waals surface area (Å²) < 4.78 is 5.76. The van der Waals surface area contributed by atoms with Crippen LogP contribution in [0.2, 0.25) is 5.15 Å². The zero-order chi connectivity index (χ0) is 12.4. The molecule has 0 unspecified atom stereocenters. The Hall–Kier alpha value is -1.54. The highest BCUT2D eigenvalue weighted by molar-refractivity contribution is 6.29. The van der Waals surface area contributed by atoms with E-state index in [4.69, 9.17) is 16.3 Å². The maximum Gasteiger partial charge on any atom is 0.220 e. The summed E-state index contributed by atoms with van der Waals surface area (Å²) in [7, 11) is 0. The molecule has 0 aliphatic carbocycles. The van der Waals surface area contributed by atoms with Crippen molar-refractivity contribution in [1.29, 1.82) is 0 Å². The molecule has 3 heteroatoms. The number of rotatable bonds is 2. The van der Waals surface area contributed by atoms with Gasteiger partial charge in [-0.05, 0) is 49.6 Å². The number of hydrogen-bond acceptors (Lipinski definition) is 2. The van der Waals surface area contributed by atoms with Crippen LogP contribution >= 0.6 is 11.6 Å². The third kappa shape index (κ3) is 2.77. The fraction of sp³-hybridized carbons (Fsp3) is 0.214. The van der Waals surface area contributed by atoms with Gasteiger partial charge in [0.2, 0.25) is 5.88 Å². The molecule has 0 aliphatic rings. The maximum absolute atomic E-state index is 5.82. The highest BCUT2D eigenvalue weighted by Gasteiger charge is 2.06. The Balaban J connectivity index is 2.36. The molecule has 17 heavy (non-hydrogen) atoms. The van der Waals surface area contributed by atoms with Crippen LogP contribution in [0.1, 0.15) is 16.7 Å². The van der Waals surface area contributed by atoms with E-state index >= 15 is 0 Å². The molecule has 1 aromatic carbocycles. The Morgan fingerprint density at radius 1 is 1.12 bits per heavy atom. The average Bonchev–Trinajstić information content (AvgIpc) is 2.25. The van der Waals surface area contributed by atoms with Crippen LogP contribution in [0.15, 0.2) is 30.3 Å². The molecule has 0 atom stereocenters. The number of hydrogen-bond donors (Lipinski definition) is 0. The summed E-state index contributed by atoms with van der Waals surface area (Å²) in [6, 6.07) is 9.48. The maximum atomic E-state index is 5.82. The van der Waals surface area contributed by atoms with Crippen LogP contribution in [0.25, 0.3) is 0 Å². The number of ether oxygens (including phenoxy) is 1. The van der Waals surface area contributed by atoms with Crippen molar-refractivity contribution >= 4 is 11.6 Å². The third-order valence-electron chi connectivity index (χ3n) is 2.67. The molecule has 0 radical (unpaired) electrons. The van der Waals surface area contributed by atoms with Crippen LogP contribution in [0, 0.1) is 20.8 Å². The molecule has 0 bridgehead atoms. The summed E-state index contributed by atoms with van der Waals surface area (Å²) in [6.07, 6.45) is 0. The van der Waals surface area contributed by atoms with E-state index in [2.05, 4.69) is 18.0 Å². The highest BCUT2D eigenvalue weighted by Crippen LogP contribution is 2.27. The Labute approximate surface area is 106 Å². The molecule has 0 aliphatic heterocycles. The summed E-state index contributed by atoms with van der Waals surface area (Å²) in [5, 5.41) is 0.435. The van der Waals surface area contributed by atoms with Gasteiger partial charge in [-0.2, -0.15) is 0 Å². The zero-order valence-corrected chi connectivity index (χ0v) is 10.9. The average molecular weight is 248 g/mol. The molecule has 2 aromatic rings. The van der Waals surface area contributed by atoms with Crippen molar-refractivity contribution in [2.45, 2.75) is 20.8 Å². The van der Waals surface area contributed by atoms with Gasteiger partial charge in [-0.1, -0.05) is 23.7 Å². The largest absolute Gasteiger partial charge is 0.439 e. The Bertz CT molecular complexity index is 552. The molecule has 2 nitrogen and oxygen atoms in total. The predicted octanol–water partition coefficient (Wildman–Crippen LogP) is 4.45. The van der Waals surface area contributed by atoms with Gasteiger partial charge in [-0.25, -0.2) is 4.98 Å². The van der Waals surface area contributed by atoms with Gasteiger partial charge < -0.3 is 4.74 Å². The fourth-order valence-corrected chi connectivity index (χ4v) is 1.82. The molecule has 0 N–H and O–H groups in total. The van der Waals surface area contributed by atoms with Crippen LogP contribution in [0.4, 0.5) is 0 Å². The van der Waals surface area contributed by atoms with E-state index in [0.29, 0.717) is 11.0 Å². The van der Waals surface area contributed by atoms with E-state index in [0.717, 1.165) is 11.3 Å². The SMILES string of the molecule is Cc1cc(C)c(C)c(Oc2cccc(Cl)n2)c1. The molecule has 2 rings (SSSR count). The van der Waals surface area contributed by atoms with E-state index in [1.54, 1.807) is 12.1 Å². The number of nitrogens with zero attached hydrogens (tertiary/aromatic N) is 1. The first-order valence-corrected chi connectivity index (χ1v) is 5.82. The third-order valence-corrected chi connectivity index (χ3v) is 2.88. The van der Waals surface area contributed by atoms with Crippen LogP contribution in [0.5, 0.6) is 11.6 Å². The molecule has 88 valence electrons. The number of aromatic nitrogens is 1. The summed E-state index contributed by atoms with van der Waals surface area (Å²) in [5.74, 6) is 1.35. The minimum absolute atomic E-state index is 0.435. The van der Waals surface area contributed by atoms with Crippen molar-refractivity contribution in [2.24, 2.45) is 0 Å². The van der Waals surface area contributed by atoms with Gasteiger partial charge in [0.25, 0.3) is 0 Å². The van der Waals surface area contributed by atoms with Gasteiger partial charge in [0.05, 0.1) is 0 Å². The van der Waals surface area contributed by atoms with Crippen LogP contribution in [0.3, 0.4) is 0 Å². The lowest BCUT2D eigenvalue weighted by atomic mass is 10.1. The molecule has 1 aromatic heterocycles. The molecule has 0 saturated carbocycles. The first-order chi connectivity index (χ1) is 8.06. The first-order valence-electron chi connectivity index (χ1n) is 5.44. The molecular weight excluding hydrogens is 234 g/mol. The second-order valence-corrected chi connectivity index (χ2v) is 4.49. The van der Waals surface area contributed by atoms with Crippen molar-refractivity contribution < 1.29 is 4.74 Å². The Morgan fingerprint density at radius 3 is 2.59 bits per heavy atom. The second-order valence-electron chi connectivity index (χ2n) is 4.11. The van der Waals surface area contributed by atoms with Crippen molar-refractivity contribution in [2.75, 3.05) is 0 Å². The van der Waals surface area contributed by atoms with Crippen LogP contribution in [-0.2, 0) is 0 Å². The summed E-state index contributed by atoms with van der Waals surface area (Å²) in [4.78, 5) is 4.11. The van der Waals surface area contributed by atoms with E-state index in [-0.39, 0.29) is 0 Å². The van der Waals surface area contributed by atoms with Gasteiger partial charge in [0, 0.05) is 6.07 Å². The van der Waals surface area contributed by atoms with Gasteiger partial charge in [-0.3, -0.25) is 0 Å². The van der Waals surface area contributed by atoms with Crippen molar-refractivity contribution in [3.05, 3.63) is 52.2 Å². The summed E-state index contributed by atoms with van der Waals surface area (Å²) in [6.45, 7) is 6.15. The quantitative estimate of drug-likeness (QED) is 0.732. The lowest BCUT2D eigenvalue weighted by molar-refractivity contribution is 0.459. The summed E-state index contributed by atoms with van der Waals surface area (Å²) in [5.41, 5.74) is 3.50. The van der Waals surface area contributed by atoms with E-state index < -0.39 is 0 Å². The van der Waals surface area contributed by atoms with Gasteiger partial charge >= 0.3 is 0 Å². The van der Waals surface area contributed by atoms with Crippen LogP contribution in [-0.4, -0.2) is 4.98 Å². The zero-order valence-electron chi connectivity index (χ0n) is 10.1. The van der Waals surface area contributed by atoms with Crippen molar-refractivity contribution in [3.63, 3.8) is 0 Å². The number of aryl methyl sites for hydroxylation is 2. The van der Waals surface area contributed by atoms with Crippen molar-refractivity contribution in [3.8, 4) is 11.6 Å². The fourth-order valence-electron chi connectivity index (χ4n) is 1.67. The molecule has 0 saturated heterocycles. The number of benzene rings is 1. The second kappa shape index (κ2) is 4.76. The Morgan fingerprint density at radius 2 is 1.88 bits per heavy atom. The molecule has 0 fully saturated rings. The molecule has 1 heterocycles. The topological polar surface area (TPSA) is 22.1 Å². The standard InChI is InChI=1S/C14H14ClNO/c1-9-7-10(2)11(3)12(8-9)17-14-6-4-5-13(15)16-14/h4-8H,1-3H3. The van der Waals surface area contributed by atoms with E-state index in [1.165, 1.54) is 11.1 Å². The summed E-state index contributed by atoms with van der Waals surface area (Å²) >= 11 is 5.82. The smallest absolute Gasteiger partial charge is 0.220 e. The Kier molecular flexibility index (Phi) is 3.34. The predicted molar refractivity (Wildman–Crippen MR) is 70.0 cm³/mol. The van der Waals surface area contributed by atoms with E-state index in [9.17, 15) is 0 Å². The molecular formula is C14H14ClNO. The van der Waals surface area contributed by atoms with E-state index in [1.807, 2.05) is 26.0 Å². The lowest BCUT2D eigenvalue weighted by Crippen LogP contribution is -1.93. The molecule has 0 spiro atoms. The normalized spacial score (nSPS) is 10.4. The minimum Gasteiger partial charge on any atom is -0.439 e. The van der Waals surface area contributed by atoms with Crippen molar-refractivity contribution in [1.82, 2.24) is 4.98 Å². The molecule has 0 amide bonds. The van der Waals surface area contributed by atoms with Gasteiger partial charge in [-0.15, -0.1) is 0 Å². The monoisotopic (exact) mass is 247 g/mol. The minimum atomic E-state index is 0.435. The van der Waals surface area contributed by atoms with Gasteiger partial charge in [0.1, 0.15) is 10.9 Å². The van der Waals surface area contributed by atoms with Gasteiger partial charge in [0.15, 0.2) is 0 Å². The highest BCUT2D eigenvalue weighted by atomic mass is 35.5.